The van der Waals surface area contributed by atoms with Gasteiger partial charge in [0.1, 0.15) is 5.69 Å². The van der Waals surface area contributed by atoms with Crippen LogP contribution in [0, 0.1) is 11.8 Å². The molecule has 4 nitrogen and oxygen atoms in total. The van der Waals surface area contributed by atoms with Crippen molar-refractivity contribution in [2.75, 3.05) is 19.6 Å². The van der Waals surface area contributed by atoms with E-state index in [1.54, 1.807) is 12.3 Å². The minimum Gasteiger partial charge on any atom is -0.334 e. The number of carbonyl (C=O) groups is 1. The van der Waals surface area contributed by atoms with Crippen LogP contribution in [0.1, 0.15) is 17.4 Å². The van der Waals surface area contributed by atoms with Gasteiger partial charge < -0.3 is 10.2 Å². The fourth-order valence-electron chi connectivity index (χ4n) is 3.07. The molecule has 0 saturated carbocycles. The monoisotopic (exact) mass is 231 g/mol. The Balaban J connectivity index is 1.80. The first-order valence-electron chi connectivity index (χ1n) is 6.20. The van der Waals surface area contributed by atoms with Gasteiger partial charge in [0.25, 0.3) is 5.91 Å². The third-order valence-electron chi connectivity index (χ3n) is 4.08. The van der Waals surface area contributed by atoms with Crippen LogP contribution in [-0.2, 0) is 0 Å². The van der Waals surface area contributed by atoms with Crippen molar-refractivity contribution < 1.29 is 4.79 Å². The Kier molecular flexibility index (Phi) is 2.59. The van der Waals surface area contributed by atoms with Gasteiger partial charge in [-0.05, 0) is 30.9 Å². The van der Waals surface area contributed by atoms with E-state index in [0.29, 0.717) is 23.6 Å². The van der Waals surface area contributed by atoms with E-state index in [9.17, 15) is 4.79 Å². The highest BCUT2D eigenvalue weighted by molar-refractivity contribution is 5.92. The van der Waals surface area contributed by atoms with Crippen molar-refractivity contribution in [1.82, 2.24) is 15.2 Å². The zero-order chi connectivity index (χ0) is 11.8. The summed E-state index contributed by atoms with van der Waals surface area (Å²) in [5.41, 5.74) is 0.562. The maximum Gasteiger partial charge on any atom is 0.272 e. The Morgan fingerprint density at radius 2 is 2.35 bits per heavy atom. The van der Waals surface area contributed by atoms with Gasteiger partial charge in [-0.25, -0.2) is 0 Å². The molecular weight excluding hydrogens is 214 g/mol. The molecule has 2 aliphatic heterocycles. The van der Waals surface area contributed by atoms with Crippen LogP contribution in [-0.4, -0.2) is 41.5 Å². The minimum atomic E-state index is 0.0764. The first kappa shape index (κ1) is 10.7. The molecule has 17 heavy (non-hydrogen) atoms. The Morgan fingerprint density at radius 3 is 3.06 bits per heavy atom. The van der Waals surface area contributed by atoms with E-state index in [-0.39, 0.29) is 5.91 Å². The van der Waals surface area contributed by atoms with Crippen LogP contribution in [0.25, 0.3) is 0 Å². The summed E-state index contributed by atoms with van der Waals surface area (Å²) in [6, 6.07) is 5.82. The number of hydrogen-bond acceptors (Lipinski definition) is 3. The topological polar surface area (TPSA) is 45.2 Å². The highest BCUT2D eigenvalue weighted by atomic mass is 16.2. The third kappa shape index (κ3) is 1.72. The van der Waals surface area contributed by atoms with Crippen molar-refractivity contribution in [3.05, 3.63) is 30.1 Å². The zero-order valence-corrected chi connectivity index (χ0v) is 9.97. The van der Waals surface area contributed by atoms with Crippen LogP contribution < -0.4 is 5.32 Å². The largest absolute Gasteiger partial charge is 0.334 e. The van der Waals surface area contributed by atoms with Gasteiger partial charge in [0.05, 0.1) is 0 Å². The van der Waals surface area contributed by atoms with Crippen molar-refractivity contribution in [2.45, 2.75) is 13.0 Å². The third-order valence-corrected chi connectivity index (χ3v) is 4.08. The van der Waals surface area contributed by atoms with Gasteiger partial charge in [0, 0.05) is 31.9 Å². The number of nitrogens with one attached hydrogen (secondary N) is 1. The molecule has 0 radical (unpaired) electrons. The molecule has 1 N–H and O–H groups in total. The summed E-state index contributed by atoms with van der Waals surface area (Å²) in [6.45, 7) is 5.10. The van der Waals surface area contributed by atoms with Crippen molar-refractivity contribution in [2.24, 2.45) is 11.8 Å². The van der Waals surface area contributed by atoms with Crippen LogP contribution in [0.2, 0.25) is 0 Å². The molecule has 2 fully saturated rings. The van der Waals surface area contributed by atoms with Gasteiger partial charge in [-0.2, -0.15) is 0 Å². The number of carbonyl (C=O) groups excluding carboxylic acids is 1. The molecule has 1 aromatic rings. The van der Waals surface area contributed by atoms with Crippen molar-refractivity contribution in [3.63, 3.8) is 0 Å². The molecule has 3 rings (SSSR count). The van der Waals surface area contributed by atoms with Crippen LogP contribution in [0.5, 0.6) is 0 Å². The molecule has 3 unspecified atom stereocenters. The summed E-state index contributed by atoms with van der Waals surface area (Å²) in [6.07, 6.45) is 1.68. The van der Waals surface area contributed by atoms with Crippen molar-refractivity contribution >= 4 is 5.91 Å². The fourth-order valence-corrected chi connectivity index (χ4v) is 3.07. The van der Waals surface area contributed by atoms with E-state index in [1.165, 1.54) is 0 Å². The molecule has 0 bridgehead atoms. The summed E-state index contributed by atoms with van der Waals surface area (Å²) >= 11 is 0. The summed E-state index contributed by atoms with van der Waals surface area (Å²) in [5, 5.41) is 3.40. The molecule has 1 aromatic heterocycles. The SMILES string of the molecule is CC1C2CNCC2CN1C(=O)c1ccccn1. The predicted octanol–water partition coefficient (Wildman–Crippen LogP) is 0.761. The van der Waals surface area contributed by atoms with Crippen LogP contribution in [0.4, 0.5) is 0 Å². The normalized spacial score (nSPS) is 31.6. The lowest BCUT2D eigenvalue weighted by atomic mass is 9.95. The fraction of sp³-hybridized carbons (Fsp3) is 0.538. The average molecular weight is 231 g/mol. The highest BCUT2D eigenvalue weighted by Crippen LogP contribution is 2.32. The summed E-state index contributed by atoms with van der Waals surface area (Å²) in [5.74, 6) is 1.31. The lowest BCUT2D eigenvalue weighted by Gasteiger charge is -2.24. The lowest BCUT2D eigenvalue weighted by Crippen LogP contribution is -2.38. The number of likely N-dealkylation sites (tertiary alicyclic amines) is 1. The van der Waals surface area contributed by atoms with Gasteiger partial charge in [-0.3, -0.25) is 9.78 Å². The number of aromatic nitrogens is 1. The Morgan fingerprint density at radius 1 is 1.47 bits per heavy atom. The highest BCUT2D eigenvalue weighted by Gasteiger charge is 2.43. The number of pyridine rings is 1. The molecule has 0 aromatic carbocycles. The molecule has 4 heteroatoms. The second kappa shape index (κ2) is 4.11. The zero-order valence-electron chi connectivity index (χ0n) is 9.97. The van der Waals surface area contributed by atoms with Gasteiger partial charge in [-0.1, -0.05) is 6.07 Å². The van der Waals surface area contributed by atoms with Gasteiger partial charge in [-0.15, -0.1) is 0 Å². The Hall–Kier alpha value is -1.42. The molecule has 3 heterocycles. The molecule has 90 valence electrons. The molecule has 0 spiro atoms. The maximum atomic E-state index is 12.3. The van der Waals surface area contributed by atoms with Crippen LogP contribution >= 0.6 is 0 Å². The molecule has 2 saturated heterocycles. The van der Waals surface area contributed by atoms with E-state index in [1.807, 2.05) is 17.0 Å². The average Bonchev–Trinajstić information content (AvgIpc) is 2.93. The van der Waals surface area contributed by atoms with Crippen LogP contribution in [0.3, 0.4) is 0 Å². The molecular formula is C13H17N3O. The van der Waals surface area contributed by atoms with E-state index < -0.39 is 0 Å². The number of fused-ring (bicyclic) bond motifs is 1. The summed E-state index contributed by atoms with van der Waals surface area (Å²) in [4.78, 5) is 18.5. The number of rotatable bonds is 1. The van der Waals surface area contributed by atoms with E-state index in [2.05, 4.69) is 17.2 Å². The quantitative estimate of drug-likeness (QED) is 0.776. The predicted molar refractivity (Wildman–Crippen MR) is 64.6 cm³/mol. The second-order valence-corrected chi connectivity index (χ2v) is 5.00. The standard InChI is InChI=1S/C13H17N3O/c1-9-11-7-14-6-10(11)8-16(9)13(17)12-4-2-3-5-15-12/h2-5,9-11,14H,6-8H2,1H3. The maximum absolute atomic E-state index is 12.3. The molecule has 2 aliphatic rings. The first-order chi connectivity index (χ1) is 8.27. The van der Waals surface area contributed by atoms with Gasteiger partial charge >= 0.3 is 0 Å². The van der Waals surface area contributed by atoms with Crippen molar-refractivity contribution in [1.29, 1.82) is 0 Å². The van der Waals surface area contributed by atoms with E-state index in [0.717, 1.165) is 19.6 Å². The number of hydrogen-bond donors (Lipinski definition) is 1. The Bertz CT molecular complexity index is 420. The summed E-state index contributed by atoms with van der Waals surface area (Å²) < 4.78 is 0. The minimum absolute atomic E-state index is 0.0764. The second-order valence-electron chi connectivity index (χ2n) is 5.00. The van der Waals surface area contributed by atoms with E-state index in [4.69, 9.17) is 0 Å². The smallest absolute Gasteiger partial charge is 0.272 e. The Labute approximate surface area is 101 Å². The molecule has 0 aliphatic carbocycles. The molecule has 1 amide bonds. The van der Waals surface area contributed by atoms with Crippen molar-refractivity contribution in [3.8, 4) is 0 Å². The number of nitrogens with zero attached hydrogens (tertiary/aromatic N) is 2. The van der Waals surface area contributed by atoms with Crippen LogP contribution in [0.15, 0.2) is 24.4 Å². The van der Waals surface area contributed by atoms with Gasteiger partial charge in [0.15, 0.2) is 0 Å². The molecule has 3 atom stereocenters. The number of amides is 1. The lowest BCUT2D eigenvalue weighted by molar-refractivity contribution is 0.0722. The van der Waals surface area contributed by atoms with Gasteiger partial charge in [0.2, 0.25) is 0 Å². The first-order valence-corrected chi connectivity index (χ1v) is 6.20. The van der Waals surface area contributed by atoms with E-state index >= 15 is 0 Å². The summed E-state index contributed by atoms with van der Waals surface area (Å²) in [7, 11) is 0.